The Morgan fingerprint density at radius 3 is 2.46 bits per heavy atom. The first kappa shape index (κ1) is 16.1. The number of ether oxygens (including phenoxy) is 1. The van der Waals surface area contributed by atoms with E-state index in [1.54, 1.807) is 43.5 Å². The largest absolute Gasteiger partial charge is 0.497 e. The van der Waals surface area contributed by atoms with Crippen LogP contribution in [0.5, 0.6) is 5.75 Å². The molecule has 0 saturated carbocycles. The Morgan fingerprint density at radius 2 is 1.79 bits per heavy atom. The minimum atomic E-state index is -3.92. The smallest absolute Gasteiger partial charge is 0.281 e. The van der Waals surface area contributed by atoms with Crippen LogP contribution in [0.3, 0.4) is 0 Å². The first-order valence-electron chi connectivity index (χ1n) is 7.19. The number of nitrogens with one attached hydrogen (secondary N) is 2. The third kappa shape index (κ3) is 3.11. The second-order valence-corrected chi connectivity index (χ2v) is 7.07. The minimum absolute atomic E-state index is 0.0410. The monoisotopic (exact) mass is 344 g/mol. The van der Waals surface area contributed by atoms with Crippen molar-refractivity contribution in [1.29, 1.82) is 0 Å². The van der Waals surface area contributed by atoms with E-state index in [0.29, 0.717) is 11.3 Å². The number of benzene rings is 2. The van der Waals surface area contributed by atoms with Crippen LogP contribution in [-0.4, -0.2) is 26.4 Å². The zero-order chi connectivity index (χ0) is 17.3. The number of aryl methyl sites for hydroxylation is 1. The van der Waals surface area contributed by atoms with E-state index in [4.69, 9.17) is 4.74 Å². The number of aromatic nitrogens is 1. The molecule has 0 saturated heterocycles. The summed E-state index contributed by atoms with van der Waals surface area (Å²) in [7, 11) is -2.37. The Balaban J connectivity index is 1.87. The molecular formula is C17H16N2O4S. The predicted octanol–water partition coefficient (Wildman–Crippen LogP) is 2.60. The van der Waals surface area contributed by atoms with E-state index in [1.165, 1.54) is 12.1 Å². The quantitative estimate of drug-likeness (QED) is 0.761. The zero-order valence-electron chi connectivity index (χ0n) is 13.2. The number of hydrogen-bond donors (Lipinski definition) is 2. The molecule has 3 aromatic rings. The van der Waals surface area contributed by atoms with E-state index < -0.39 is 15.9 Å². The van der Waals surface area contributed by atoms with Crippen LogP contribution in [-0.2, 0) is 10.0 Å². The topological polar surface area (TPSA) is 88.3 Å². The number of carbonyl (C=O) groups is 1. The fourth-order valence-corrected chi connectivity index (χ4v) is 3.28. The Morgan fingerprint density at radius 1 is 1.08 bits per heavy atom. The van der Waals surface area contributed by atoms with Gasteiger partial charge in [0.1, 0.15) is 11.4 Å². The summed E-state index contributed by atoms with van der Waals surface area (Å²) in [5.74, 6) is -0.0634. The summed E-state index contributed by atoms with van der Waals surface area (Å²) in [5, 5.41) is 0.757. The van der Waals surface area contributed by atoms with Gasteiger partial charge >= 0.3 is 0 Å². The Bertz CT molecular complexity index is 1000. The van der Waals surface area contributed by atoms with Gasteiger partial charge in [-0.15, -0.1) is 0 Å². The van der Waals surface area contributed by atoms with Crippen molar-refractivity contribution >= 4 is 26.8 Å². The molecular weight excluding hydrogens is 328 g/mol. The van der Waals surface area contributed by atoms with Gasteiger partial charge in [-0.05, 0) is 43.3 Å². The fourth-order valence-electron chi connectivity index (χ4n) is 2.31. The van der Waals surface area contributed by atoms with Crippen molar-refractivity contribution in [2.75, 3.05) is 7.11 Å². The van der Waals surface area contributed by atoms with Gasteiger partial charge in [-0.2, -0.15) is 0 Å². The van der Waals surface area contributed by atoms with E-state index in [9.17, 15) is 13.2 Å². The molecule has 0 aliphatic heterocycles. The van der Waals surface area contributed by atoms with Crippen molar-refractivity contribution in [2.45, 2.75) is 11.8 Å². The minimum Gasteiger partial charge on any atom is -0.497 e. The number of fused-ring (bicyclic) bond motifs is 1. The lowest BCUT2D eigenvalue weighted by molar-refractivity contribution is 0.0977. The van der Waals surface area contributed by atoms with Crippen LogP contribution in [0.25, 0.3) is 10.9 Å². The van der Waals surface area contributed by atoms with Crippen molar-refractivity contribution < 1.29 is 17.9 Å². The highest BCUT2D eigenvalue weighted by atomic mass is 32.2. The van der Waals surface area contributed by atoms with Crippen LogP contribution in [0.2, 0.25) is 0 Å². The Hall–Kier alpha value is -2.80. The van der Waals surface area contributed by atoms with Gasteiger partial charge in [0, 0.05) is 10.9 Å². The average Bonchev–Trinajstić information content (AvgIpc) is 2.98. The molecule has 1 aromatic heterocycles. The standard InChI is InChI=1S/C17H16N2O4S/c1-11-3-6-14(7-4-11)24(21,22)19-17(20)16-10-12-9-13(23-2)5-8-15(12)18-16/h3-10,18H,1-2H3,(H,19,20). The van der Waals surface area contributed by atoms with Gasteiger partial charge in [0.25, 0.3) is 15.9 Å². The summed E-state index contributed by atoms with van der Waals surface area (Å²) < 4.78 is 31.8. The molecule has 2 aromatic carbocycles. The third-order valence-corrected chi connectivity index (χ3v) is 4.98. The number of rotatable bonds is 4. The van der Waals surface area contributed by atoms with Crippen LogP contribution >= 0.6 is 0 Å². The van der Waals surface area contributed by atoms with Crippen LogP contribution < -0.4 is 9.46 Å². The van der Waals surface area contributed by atoms with Crippen molar-refractivity contribution in [2.24, 2.45) is 0 Å². The predicted molar refractivity (Wildman–Crippen MR) is 90.7 cm³/mol. The molecule has 6 nitrogen and oxygen atoms in total. The van der Waals surface area contributed by atoms with Gasteiger partial charge in [0.15, 0.2) is 0 Å². The molecule has 0 aliphatic carbocycles. The van der Waals surface area contributed by atoms with Gasteiger partial charge < -0.3 is 9.72 Å². The van der Waals surface area contributed by atoms with Crippen LogP contribution in [0.1, 0.15) is 16.1 Å². The summed E-state index contributed by atoms with van der Waals surface area (Å²) in [4.78, 5) is 15.2. The fraction of sp³-hybridized carbons (Fsp3) is 0.118. The lowest BCUT2D eigenvalue weighted by Gasteiger charge is -2.06. The van der Waals surface area contributed by atoms with Crippen molar-refractivity contribution in [1.82, 2.24) is 9.71 Å². The van der Waals surface area contributed by atoms with Gasteiger partial charge in [-0.25, -0.2) is 13.1 Å². The Labute approximate surface area is 139 Å². The van der Waals surface area contributed by atoms with Crippen LogP contribution in [0.4, 0.5) is 0 Å². The summed E-state index contributed by atoms with van der Waals surface area (Å²) in [6, 6.07) is 13.1. The lowest BCUT2D eigenvalue weighted by atomic mass is 10.2. The number of amides is 1. The van der Waals surface area contributed by atoms with E-state index in [-0.39, 0.29) is 10.6 Å². The van der Waals surface area contributed by atoms with Crippen LogP contribution in [0, 0.1) is 6.92 Å². The maximum atomic E-state index is 12.3. The number of hydrogen-bond acceptors (Lipinski definition) is 4. The van der Waals surface area contributed by atoms with Crippen LogP contribution in [0.15, 0.2) is 53.4 Å². The zero-order valence-corrected chi connectivity index (χ0v) is 14.0. The Kier molecular flexibility index (Phi) is 4.02. The van der Waals surface area contributed by atoms with Gasteiger partial charge in [-0.3, -0.25) is 4.79 Å². The molecule has 0 unspecified atom stereocenters. The lowest BCUT2D eigenvalue weighted by Crippen LogP contribution is -2.30. The number of H-pyrrole nitrogens is 1. The third-order valence-electron chi connectivity index (χ3n) is 3.63. The summed E-state index contributed by atoms with van der Waals surface area (Å²) in [6.45, 7) is 1.85. The number of carbonyl (C=O) groups excluding carboxylic acids is 1. The number of aromatic amines is 1. The molecule has 1 heterocycles. The van der Waals surface area contributed by atoms with Gasteiger partial charge in [0.05, 0.1) is 12.0 Å². The second-order valence-electron chi connectivity index (χ2n) is 5.38. The highest BCUT2D eigenvalue weighted by Gasteiger charge is 2.20. The molecule has 0 fully saturated rings. The first-order valence-corrected chi connectivity index (χ1v) is 8.68. The molecule has 2 N–H and O–H groups in total. The summed E-state index contributed by atoms with van der Waals surface area (Å²) in [5.41, 5.74) is 1.81. The SMILES string of the molecule is COc1ccc2[nH]c(C(=O)NS(=O)(=O)c3ccc(C)cc3)cc2c1. The first-order chi connectivity index (χ1) is 11.4. The van der Waals surface area contributed by atoms with E-state index in [2.05, 4.69) is 9.71 Å². The average molecular weight is 344 g/mol. The van der Waals surface area contributed by atoms with Gasteiger partial charge in [0.2, 0.25) is 0 Å². The highest BCUT2D eigenvalue weighted by molar-refractivity contribution is 7.90. The molecule has 0 atom stereocenters. The normalized spacial score (nSPS) is 11.4. The molecule has 3 rings (SSSR count). The molecule has 0 aliphatic rings. The van der Waals surface area contributed by atoms with Crippen molar-refractivity contribution in [3.05, 3.63) is 59.8 Å². The summed E-state index contributed by atoms with van der Waals surface area (Å²) in [6.07, 6.45) is 0. The molecule has 7 heteroatoms. The highest BCUT2D eigenvalue weighted by Crippen LogP contribution is 2.21. The summed E-state index contributed by atoms with van der Waals surface area (Å²) >= 11 is 0. The van der Waals surface area contributed by atoms with Crippen molar-refractivity contribution in [3.63, 3.8) is 0 Å². The van der Waals surface area contributed by atoms with Gasteiger partial charge in [-0.1, -0.05) is 17.7 Å². The molecule has 0 radical (unpaired) electrons. The molecule has 0 bridgehead atoms. The number of methoxy groups -OCH3 is 1. The maximum absolute atomic E-state index is 12.3. The van der Waals surface area contributed by atoms with E-state index in [0.717, 1.165) is 10.9 Å². The molecule has 0 spiro atoms. The molecule has 24 heavy (non-hydrogen) atoms. The van der Waals surface area contributed by atoms with E-state index >= 15 is 0 Å². The van der Waals surface area contributed by atoms with Crippen molar-refractivity contribution in [3.8, 4) is 5.75 Å². The molecule has 1 amide bonds. The van der Waals surface area contributed by atoms with E-state index in [1.807, 2.05) is 6.92 Å². The second kappa shape index (κ2) is 6.01. The molecule has 124 valence electrons. The number of sulfonamides is 1. The maximum Gasteiger partial charge on any atom is 0.281 e.